The maximum atomic E-state index is 12.8. The summed E-state index contributed by atoms with van der Waals surface area (Å²) in [7, 11) is 0. The molecule has 2 N–H and O–H groups in total. The molecule has 8 heteroatoms. The maximum Gasteiger partial charge on any atom is 0.321 e. The van der Waals surface area contributed by atoms with E-state index in [0.717, 1.165) is 12.8 Å². The van der Waals surface area contributed by atoms with Crippen LogP contribution in [-0.4, -0.2) is 33.3 Å². The van der Waals surface area contributed by atoms with Crippen LogP contribution in [-0.2, 0) is 11.3 Å². The Morgan fingerprint density at radius 2 is 2.00 bits per heavy atom. The summed E-state index contributed by atoms with van der Waals surface area (Å²) in [5.41, 5.74) is 0.493. The monoisotopic (exact) mass is 376 g/mol. The molecule has 1 aromatic heterocycles. The molecule has 0 saturated carbocycles. The molecule has 0 bridgehead atoms. The van der Waals surface area contributed by atoms with Gasteiger partial charge in [0.25, 0.3) is 5.56 Å². The molecule has 0 aliphatic heterocycles. The molecule has 0 aliphatic carbocycles. The van der Waals surface area contributed by atoms with Crippen LogP contribution in [0.25, 0.3) is 10.9 Å². The van der Waals surface area contributed by atoms with E-state index in [4.69, 9.17) is 0 Å². The Labute approximate surface area is 156 Å². The minimum absolute atomic E-state index is 0.108. The van der Waals surface area contributed by atoms with Crippen molar-refractivity contribution >= 4 is 34.6 Å². The highest BCUT2D eigenvalue weighted by molar-refractivity contribution is 8.00. The lowest BCUT2D eigenvalue weighted by atomic mass is 10.2. The number of nitrogens with zero attached hydrogens (tertiary/aromatic N) is 2. The summed E-state index contributed by atoms with van der Waals surface area (Å²) < 4.78 is 1.62. The Morgan fingerprint density at radius 3 is 2.69 bits per heavy atom. The molecule has 0 spiro atoms. The minimum atomic E-state index is -0.571. The van der Waals surface area contributed by atoms with Crippen LogP contribution in [0.3, 0.4) is 0 Å². The fourth-order valence-corrected chi connectivity index (χ4v) is 3.32. The zero-order valence-corrected chi connectivity index (χ0v) is 16.1. The normalized spacial score (nSPS) is 12.0. The highest BCUT2D eigenvalue weighted by atomic mass is 32.2. The summed E-state index contributed by atoms with van der Waals surface area (Å²) in [4.78, 5) is 41.1. The highest BCUT2D eigenvalue weighted by Crippen LogP contribution is 2.23. The number of unbranched alkanes of at least 4 members (excludes halogenated alkanes) is 1. The number of aromatic nitrogens is 2. The van der Waals surface area contributed by atoms with Gasteiger partial charge in [0.1, 0.15) is 0 Å². The zero-order chi connectivity index (χ0) is 19.1. The van der Waals surface area contributed by atoms with Crippen molar-refractivity contribution in [3.05, 3.63) is 34.6 Å². The van der Waals surface area contributed by atoms with Gasteiger partial charge >= 0.3 is 6.03 Å². The van der Waals surface area contributed by atoms with E-state index in [1.807, 2.05) is 12.1 Å². The second-order valence-electron chi connectivity index (χ2n) is 5.83. The van der Waals surface area contributed by atoms with Gasteiger partial charge in [-0.2, -0.15) is 0 Å². The lowest BCUT2D eigenvalue weighted by Gasteiger charge is -2.16. The summed E-state index contributed by atoms with van der Waals surface area (Å²) in [5.74, 6) is -0.426. The number of thioether (sulfide) groups is 1. The molecule has 7 nitrogen and oxygen atoms in total. The van der Waals surface area contributed by atoms with E-state index in [-0.39, 0.29) is 5.56 Å². The smallest absolute Gasteiger partial charge is 0.321 e. The van der Waals surface area contributed by atoms with E-state index in [0.29, 0.717) is 29.1 Å². The molecule has 0 fully saturated rings. The second-order valence-corrected chi connectivity index (χ2v) is 7.14. The Bertz CT molecular complexity index is 850. The Kier molecular flexibility index (Phi) is 7.20. The van der Waals surface area contributed by atoms with Gasteiger partial charge in [-0.05, 0) is 32.4 Å². The van der Waals surface area contributed by atoms with Gasteiger partial charge in [0, 0.05) is 13.1 Å². The van der Waals surface area contributed by atoms with Gasteiger partial charge in [0.15, 0.2) is 5.16 Å². The summed E-state index contributed by atoms with van der Waals surface area (Å²) >= 11 is 1.18. The highest BCUT2D eigenvalue weighted by Gasteiger charge is 2.20. The molecule has 0 aliphatic rings. The maximum absolute atomic E-state index is 12.8. The standard InChI is InChI=1S/C18H24N4O3S/c1-4-6-11-22-16(24)13-9-7-8-10-14(13)20-18(22)26-12(3)15(23)21-17(25)19-5-2/h7-10,12H,4-6,11H2,1-3H3,(H2,19,21,23,25)/t12-/m1/s1. The summed E-state index contributed by atoms with van der Waals surface area (Å²) in [6.07, 6.45) is 1.78. The molecule has 2 rings (SSSR count). The van der Waals surface area contributed by atoms with Gasteiger partial charge in [-0.15, -0.1) is 0 Å². The van der Waals surface area contributed by atoms with Crippen molar-refractivity contribution < 1.29 is 9.59 Å². The summed E-state index contributed by atoms with van der Waals surface area (Å²) in [5, 5.41) is 5.29. The number of hydrogen-bond donors (Lipinski definition) is 2. The number of amides is 3. The van der Waals surface area contributed by atoms with E-state index < -0.39 is 17.2 Å². The molecule has 2 aromatic rings. The minimum Gasteiger partial charge on any atom is -0.338 e. The summed E-state index contributed by atoms with van der Waals surface area (Å²) in [6, 6.07) is 6.65. The van der Waals surface area contributed by atoms with Crippen LogP contribution in [0.2, 0.25) is 0 Å². The van der Waals surface area contributed by atoms with Crippen LogP contribution in [0.4, 0.5) is 4.79 Å². The third-order valence-corrected chi connectivity index (χ3v) is 4.88. The molecule has 0 saturated heterocycles. The number of carbonyl (C=O) groups is 2. The van der Waals surface area contributed by atoms with Crippen molar-refractivity contribution in [2.75, 3.05) is 6.54 Å². The van der Waals surface area contributed by atoms with Crippen LogP contribution in [0.5, 0.6) is 0 Å². The fraction of sp³-hybridized carbons (Fsp3) is 0.444. The quantitative estimate of drug-likeness (QED) is 0.572. The van der Waals surface area contributed by atoms with E-state index in [1.54, 1.807) is 30.5 Å². The molecule has 3 amide bonds. The SMILES string of the molecule is CCCCn1c(S[C@H](C)C(=O)NC(=O)NCC)nc2ccccc2c1=O. The van der Waals surface area contributed by atoms with E-state index >= 15 is 0 Å². The van der Waals surface area contributed by atoms with Gasteiger partial charge in [-0.1, -0.05) is 37.2 Å². The van der Waals surface area contributed by atoms with Crippen LogP contribution >= 0.6 is 11.8 Å². The Balaban J connectivity index is 2.30. The number of hydrogen-bond acceptors (Lipinski definition) is 5. The van der Waals surface area contributed by atoms with Gasteiger partial charge < -0.3 is 5.32 Å². The topological polar surface area (TPSA) is 93.1 Å². The zero-order valence-electron chi connectivity index (χ0n) is 15.2. The average Bonchev–Trinajstić information content (AvgIpc) is 2.61. The van der Waals surface area contributed by atoms with E-state index in [9.17, 15) is 14.4 Å². The first kappa shape index (κ1) is 20.0. The predicted octanol–water partition coefficient (Wildman–Crippen LogP) is 2.52. The molecule has 0 radical (unpaired) electrons. The third kappa shape index (κ3) is 4.85. The number of fused-ring (bicyclic) bond motifs is 1. The van der Waals surface area contributed by atoms with Crippen molar-refractivity contribution in [2.45, 2.75) is 50.6 Å². The van der Waals surface area contributed by atoms with Crippen molar-refractivity contribution in [1.29, 1.82) is 0 Å². The second kappa shape index (κ2) is 9.38. The van der Waals surface area contributed by atoms with Crippen LogP contribution in [0.1, 0.15) is 33.6 Å². The lowest BCUT2D eigenvalue weighted by Crippen LogP contribution is -2.42. The first-order chi connectivity index (χ1) is 12.5. The molecular weight excluding hydrogens is 352 g/mol. The predicted molar refractivity (Wildman–Crippen MR) is 103 cm³/mol. The molecule has 1 atom stereocenters. The van der Waals surface area contributed by atoms with Crippen LogP contribution in [0.15, 0.2) is 34.2 Å². The van der Waals surface area contributed by atoms with Crippen molar-refractivity contribution in [3.8, 4) is 0 Å². The number of urea groups is 1. The number of para-hydroxylation sites is 1. The van der Waals surface area contributed by atoms with Gasteiger partial charge in [0.05, 0.1) is 16.2 Å². The number of carbonyl (C=O) groups excluding carboxylic acids is 2. The third-order valence-electron chi connectivity index (χ3n) is 3.79. The fourth-order valence-electron chi connectivity index (χ4n) is 2.38. The van der Waals surface area contributed by atoms with E-state index in [1.165, 1.54) is 11.8 Å². The molecule has 140 valence electrons. The number of benzene rings is 1. The number of nitrogens with one attached hydrogen (secondary N) is 2. The molecule has 1 aromatic carbocycles. The molecule has 0 unspecified atom stereocenters. The Morgan fingerprint density at radius 1 is 1.27 bits per heavy atom. The first-order valence-corrected chi connectivity index (χ1v) is 9.60. The van der Waals surface area contributed by atoms with Gasteiger partial charge in [-0.3, -0.25) is 19.5 Å². The van der Waals surface area contributed by atoms with Gasteiger partial charge in [0.2, 0.25) is 5.91 Å². The molecule has 26 heavy (non-hydrogen) atoms. The van der Waals surface area contributed by atoms with Crippen molar-refractivity contribution in [2.24, 2.45) is 0 Å². The van der Waals surface area contributed by atoms with Crippen LogP contribution < -0.4 is 16.2 Å². The molecule has 1 heterocycles. The largest absolute Gasteiger partial charge is 0.338 e. The summed E-state index contributed by atoms with van der Waals surface area (Å²) in [6.45, 7) is 6.48. The Hall–Kier alpha value is -2.35. The number of rotatable bonds is 7. The average molecular weight is 376 g/mol. The van der Waals surface area contributed by atoms with E-state index in [2.05, 4.69) is 22.5 Å². The lowest BCUT2D eigenvalue weighted by molar-refractivity contribution is -0.119. The van der Waals surface area contributed by atoms with Crippen molar-refractivity contribution in [3.63, 3.8) is 0 Å². The molecular formula is C18H24N4O3S. The van der Waals surface area contributed by atoms with Crippen LogP contribution in [0, 0.1) is 0 Å². The van der Waals surface area contributed by atoms with Gasteiger partial charge in [-0.25, -0.2) is 9.78 Å². The first-order valence-electron chi connectivity index (χ1n) is 8.72. The number of imide groups is 1. The van der Waals surface area contributed by atoms with Crippen molar-refractivity contribution in [1.82, 2.24) is 20.2 Å².